The summed E-state index contributed by atoms with van der Waals surface area (Å²) in [5.74, 6) is 0.678. The van der Waals surface area contributed by atoms with Crippen LogP contribution < -0.4 is 4.74 Å². The average Bonchev–Trinajstić information content (AvgIpc) is 2.69. The average molecular weight is 226 g/mol. The SMILES string of the molecule is CCCCC(O)c1c(OC)cnn1C(C)C. The molecule has 1 aromatic rings. The van der Waals surface area contributed by atoms with E-state index in [9.17, 15) is 5.11 Å². The smallest absolute Gasteiger partial charge is 0.162 e. The Morgan fingerprint density at radius 3 is 2.69 bits per heavy atom. The van der Waals surface area contributed by atoms with Gasteiger partial charge in [0.25, 0.3) is 0 Å². The van der Waals surface area contributed by atoms with Crippen LogP contribution in [0.2, 0.25) is 0 Å². The molecule has 1 N–H and O–H groups in total. The van der Waals surface area contributed by atoms with Crippen LogP contribution in [-0.4, -0.2) is 22.0 Å². The van der Waals surface area contributed by atoms with E-state index in [0.29, 0.717) is 5.75 Å². The molecule has 0 radical (unpaired) electrons. The molecule has 0 aliphatic carbocycles. The molecule has 1 heterocycles. The fourth-order valence-corrected chi connectivity index (χ4v) is 1.78. The summed E-state index contributed by atoms with van der Waals surface area (Å²) in [5.41, 5.74) is 0.797. The highest BCUT2D eigenvalue weighted by atomic mass is 16.5. The summed E-state index contributed by atoms with van der Waals surface area (Å²) < 4.78 is 7.07. The van der Waals surface area contributed by atoms with Gasteiger partial charge in [-0.3, -0.25) is 4.68 Å². The maximum atomic E-state index is 10.1. The molecule has 0 fully saturated rings. The quantitative estimate of drug-likeness (QED) is 0.811. The lowest BCUT2D eigenvalue weighted by atomic mass is 10.1. The van der Waals surface area contributed by atoms with E-state index in [1.54, 1.807) is 13.3 Å². The number of methoxy groups -OCH3 is 1. The molecule has 0 spiro atoms. The summed E-state index contributed by atoms with van der Waals surface area (Å²) in [6.07, 6.45) is 4.03. The Kier molecular flexibility index (Phi) is 4.80. The molecule has 1 aromatic heterocycles. The van der Waals surface area contributed by atoms with Crippen molar-refractivity contribution in [2.75, 3.05) is 7.11 Å². The van der Waals surface area contributed by atoms with Gasteiger partial charge < -0.3 is 9.84 Å². The van der Waals surface area contributed by atoms with Crippen molar-refractivity contribution in [3.8, 4) is 5.75 Å². The van der Waals surface area contributed by atoms with Gasteiger partial charge in [-0.25, -0.2) is 0 Å². The van der Waals surface area contributed by atoms with Gasteiger partial charge >= 0.3 is 0 Å². The molecule has 0 saturated carbocycles. The van der Waals surface area contributed by atoms with Crippen LogP contribution in [0.15, 0.2) is 6.20 Å². The third kappa shape index (κ3) is 2.76. The monoisotopic (exact) mass is 226 g/mol. The van der Waals surface area contributed by atoms with Gasteiger partial charge in [0.2, 0.25) is 0 Å². The molecule has 92 valence electrons. The van der Waals surface area contributed by atoms with Gasteiger partial charge in [0.15, 0.2) is 5.75 Å². The lowest BCUT2D eigenvalue weighted by molar-refractivity contribution is 0.147. The highest BCUT2D eigenvalue weighted by Crippen LogP contribution is 2.30. The molecule has 0 aromatic carbocycles. The molecule has 16 heavy (non-hydrogen) atoms. The summed E-state index contributed by atoms with van der Waals surface area (Å²) in [4.78, 5) is 0. The first-order valence-corrected chi connectivity index (χ1v) is 5.91. The van der Waals surface area contributed by atoms with Gasteiger partial charge in [-0.05, 0) is 20.3 Å². The Bertz CT molecular complexity index is 321. The van der Waals surface area contributed by atoms with E-state index in [-0.39, 0.29) is 6.04 Å². The van der Waals surface area contributed by atoms with E-state index in [1.807, 2.05) is 18.5 Å². The minimum atomic E-state index is -0.486. The maximum absolute atomic E-state index is 10.1. The van der Waals surface area contributed by atoms with Crippen molar-refractivity contribution in [1.82, 2.24) is 9.78 Å². The third-order valence-corrected chi connectivity index (χ3v) is 2.65. The topological polar surface area (TPSA) is 47.3 Å². The van der Waals surface area contributed by atoms with Crippen molar-refractivity contribution in [3.05, 3.63) is 11.9 Å². The highest BCUT2D eigenvalue weighted by molar-refractivity contribution is 5.27. The van der Waals surface area contributed by atoms with Gasteiger partial charge in [0.05, 0.1) is 19.4 Å². The Morgan fingerprint density at radius 1 is 1.50 bits per heavy atom. The Hall–Kier alpha value is -1.03. The number of aliphatic hydroxyl groups excluding tert-OH is 1. The molecule has 1 atom stereocenters. The van der Waals surface area contributed by atoms with Crippen molar-refractivity contribution in [1.29, 1.82) is 0 Å². The van der Waals surface area contributed by atoms with Gasteiger partial charge in [-0.2, -0.15) is 5.10 Å². The number of hydrogen-bond donors (Lipinski definition) is 1. The number of aromatic nitrogens is 2. The number of unbranched alkanes of at least 4 members (excludes halogenated alkanes) is 1. The number of ether oxygens (including phenoxy) is 1. The van der Waals surface area contributed by atoms with E-state index in [0.717, 1.165) is 25.0 Å². The molecule has 4 nitrogen and oxygen atoms in total. The summed E-state index contributed by atoms with van der Waals surface area (Å²) in [6.45, 7) is 6.20. The molecule has 4 heteroatoms. The fourth-order valence-electron chi connectivity index (χ4n) is 1.78. The number of hydrogen-bond acceptors (Lipinski definition) is 3. The second-order valence-electron chi connectivity index (χ2n) is 4.29. The van der Waals surface area contributed by atoms with Crippen LogP contribution in [0, 0.1) is 0 Å². The van der Waals surface area contributed by atoms with E-state index in [1.165, 1.54) is 0 Å². The molecule has 0 bridgehead atoms. The maximum Gasteiger partial charge on any atom is 0.162 e. The molecule has 0 aliphatic rings. The van der Waals surface area contributed by atoms with E-state index in [4.69, 9.17) is 4.74 Å². The number of aliphatic hydroxyl groups is 1. The van der Waals surface area contributed by atoms with Crippen LogP contribution in [0.3, 0.4) is 0 Å². The van der Waals surface area contributed by atoms with Crippen LogP contribution in [0.25, 0.3) is 0 Å². The first-order chi connectivity index (χ1) is 7.61. The van der Waals surface area contributed by atoms with Crippen molar-refractivity contribution in [2.45, 2.75) is 52.2 Å². The minimum absolute atomic E-state index is 0.232. The lowest BCUT2D eigenvalue weighted by Gasteiger charge is -2.16. The summed E-state index contributed by atoms with van der Waals surface area (Å²) in [6, 6.07) is 0.232. The minimum Gasteiger partial charge on any atom is -0.493 e. The summed E-state index contributed by atoms with van der Waals surface area (Å²) >= 11 is 0. The van der Waals surface area contributed by atoms with Crippen molar-refractivity contribution < 1.29 is 9.84 Å². The van der Waals surface area contributed by atoms with Gasteiger partial charge in [0.1, 0.15) is 5.69 Å². The molecule has 0 saturated heterocycles. The zero-order chi connectivity index (χ0) is 12.1. The predicted octanol–water partition coefficient (Wildman–Crippen LogP) is 2.70. The van der Waals surface area contributed by atoms with Crippen molar-refractivity contribution in [2.24, 2.45) is 0 Å². The van der Waals surface area contributed by atoms with Crippen molar-refractivity contribution >= 4 is 0 Å². The highest BCUT2D eigenvalue weighted by Gasteiger charge is 2.20. The number of rotatable bonds is 6. The molecule has 1 unspecified atom stereocenters. The fraction of sp³-hybridized carbons (Fsp3) is 0.750. The lowest BCUT2D eigenvalue weighted by Crippen LogP contribution is -2.12. The van der Waals surface area contributed by atoms with Gasteiger partial charge in [-0.1, -0.05) is 19.8 Å². The zero-order valence-electron chi connectivity index (χ0n) is 10.6. The number of nitrogens with zero attached hydrogens (tertiary/aromatic N) is 2. The largest absolute Gasteiger partial charge is 0.493 e. The Balaban J connectivity index is 2.93. The standard InChI is InChI=1S/C12H22N2O2/c1-5-6-7-10(15)12-11(16-4)8-13-14(12)9(2)3/h8-10,15H,5-7H2,1-4H3. The third-order valence-electron chi connectivity index (χ3n) is 2.65. The Morgan fingerprint density at radius 2 is 2.19 bits per heavy atom. The Labute approximate surface area is 97.2 Å². The van der Waals surface area contributed by atoms with E-state index >= 15 is 0 Å². The van der Waals surface area contributed by atoms with Gasteiger partial charge in [-0.15, -0.1) is 0 Å². The van der Waals surface area contributed by atoms with Crippen LogP contribution >= 0.6 is 0 Å². The van der Waals surface area contributed by atoms with Crippen LogP contribution in [0.1, 0.15) is 57.9 Å². The molecular weight excluding hydrogens is 204 g/mol. The first-order valence-electron chi connectivity index (χ1n) is 5.91. The normalized spacial score (nSPS) is 13.1. The molecule has 0 amide bonds. The van der Waals surface area contributed by atoms with E-state index in [2.05, 4.69) is 12.0 Å². The van der Waals surface area contributed by atoms with Crippen molar-refractivity contribution in [3.63, 3.8) is 0 Å². The molecule has 1 rings (SSSR count). The zero-order valence-corrected chi connectivity index (χ0v) is 10.6. The van der Waals surface area contributed by atoms with Crippen LogP contribution in [0.5, 0.6) is 5.75 Å². The second-order valence-corrected chi connectivity index (χ2v) is 4.29. The van der Waals surface area contributed by atoms with Crippen LogP contribution in [0.4, 0.5) is 0 Å². The van der Waals surface area contributed by atoms with Gasteiger partial charge in [0, 0.05) is 6.04 Å². The predicted molar refractivity (Wildman–Crippen MR) is 63.6 cm³/mol. The van der Waals surface area contributed by atoms with E-state index < -0.39 is 6.10 Å². The molecule has 0 aliphatic heterocycles. The second kappa shape index (κ2) is 5.89. The van der Waals surface area contributed by atoms with Crippen LogP contribution in [-0.2, 0) is 0 Å². The summed E-state index contributed by atoms with van der Waals surface area (Å²) in [5, 5.41) is 14.4. The first kappa shape index (κ1) is 13.0. The molecular formula is C12H22N2O2. The summed E-state index contributed by atoms with van der Waals surface area (Å²) in [7, 11) is 1.61.